The van der Waals surface area contributed by atoms with E-state index in [4.69, 9.17) is 0 Å². The fourth-order valence-corrected chi connectivity index (χ4v) is 2.04. The van der Waals surface area contributed by atoms with E-state index in [2.05, 4.69) is 17.6 Å². The molecule has 0 radical (unpaired) electrons. The number of thioether (sulfide) groups is 1. The van der Waals surface area contributed by atoms with Gasteiger partial charge in [0, 0.05) is 23.0 Å². The Morgan fingerprint density at radius 2 is 2.33 bits per heavy atom. The molecule has 2 rings (SSSR count). The number of fused-ring (bicyclic) bond motifs is 1. The zero-order valence-corrected chi connectivity index (χ0v) is 11.3. The summed E-state index contributed by atoms with van der Waals surface area (Å²) in [6.07, 6.45) is 2.38. The summed E-state index contributed by atoms with van der Waals surface area (Å²) in [5.74, 6) is -0.100. The number of nitrogens with one attached hydrogen (secondary N) is 2. The molecule has 0 aliphatic carbocycles. The zero-order valence-electron chi connectivity index (χ0n) is 10.4. The minimum absolute atomic E-state index is 0.0152. The number of hydrogen-bond donors (Lipinski definition) is 2. The molecule has 5 heteroatoms. The van der Waals surface area contributed by atoms with Crippen LogP contribution in [0.15, 0.2) is 18.2 Å². The number of benzene rings is 1. The normalized spacial score (nSPS) is 14.9. The van der Waals surface area contributed by atoms with Crippen molar-refractivity contribution in [3.63, 3.8) is 0 Å². The van der Waals surface area contributed by atoms with Crippen molar-refractivity contribution in [2.24, 2.45) is 0 Å². The summed E-state index contributed by atoms with van der Waals surface area (Å²) in [6.45, 7) is 2.71. The van der Waals surface area contributed by atoms with Gasteiger partial charge >= 0.3 is 0 Å². The lowest BCUT2D eigenvalue weighted by molar-refractivity contribution is -0.115. The molecule has 0 bridgehead atoms. The Bertz CT molecular complexity index is 488. The molecular weight excluding hydrogens is 248 g/mol. The first-order valence-corrected chi connectivity index (χ1v) is 7.12. The Labute approximate surface area is 111 Å². The van der Waals surface area contributed by atoms with Gasteiger partial charge in [-0.05, 0) is 30.0 Å². The van der Waals surface area contributed by atoms with Crippen LogP contribution in [0.3, 0.4) is 0 Å². The molecule has 1 atom stereocenters. The van der Waals surface area contributed by atoms with Gasteiger partial charge in [0.1, 0.15) is 0 Å². The van der Waals surface area contributed by atoms with Crippen LogP contribution in [0.4, 0.5) is 5.69 Å². The van der Waals surface area contributed by atoms with Crippen molar-refractivity contribution in [1.29, 1.82) is 0 Å². The summed E-state index contributed by atoms with van der Waals surface area (Å²) in [5.41, 5.74) is 2.32. The summed E-state index contributed by atoms with van der Waals surface area (Å²) < 4.78 is 0. The average molecular weight is 264 g/mol. The Hall–Kier alpha value is -1.49. The fourth-order valence-electron chi connectivity index (χ4n) is 1.79. The van der Waals surface area contributed by atoms with E-state index in [-0.39, 0.29) is 11.8 Å². The van der Waals surface area contributed by atoms with Crippen molar-refractivity contribution in [3.8, 4) is 0 Å². The summed E-state index contributed by atoms with van der Waals surface area (Å²) in [7, 11) is 0. The monoisotopic (exact) mass is 264 g/mol. The number of amides is 2. The van der Waals surface area contributed by atoms with Gasteiger partial charge in [-0.2, -0.15) is 11.8 Å². The van der Waals surface area contributed by atoms with Gasteiger partial charge in [0.05, 0.1) is 6.42 Å². The molecule has 1 aromatic rings. The summed E-state index contributed by atoms with van der Waals surface area (Å²) in [6, 6.07) is 5.31. The van der Waals surface area contributed by atoms with E-state index in [1.54, 1.807) is 30.0 Å². The molecule has 0 spiro atoms. The fraction of sp³-hybridized carbons (Fsp3) is 0.385. The van der Waals surface area contributed by atoms with Gasteiger partial charge in [0.15, 0.2) is 0 Å². The predicted molar refractivity (Wildman–Crippen MR) is 74.1 cm³/mol. The van der Waals surface area contributed by atoms with Crippen LogP contribution < -0.4 is 10.6 Å². The van der Waals surface area contributed by atoms with Gasteiger partial charge in [-0.3, -0.25) is 9.59 Å². The first-order chi connectivity index (χ1) is 8.60. The van der Waals surface area contributed by atoms with Crippen LogP contribution >= 0.6 is 11.8 Å². The first-order valence-electron chi connectivity index (χ1n) is 5.84. The number of anilines is 1. The molecule has 1 aliphatic heterocycles. The van der Waals surface area contributed by atoms with E-state index in [1.165, 1.54) is 0 Å². The highest BCUT2D eigenvalue weighted by molar-refractivity contribution is 7.99. The van der Waals surface area contributed by atoms with Gasteiger partial charge in [0.25, 0.3) is 5.91 Å². The molecule has 0 aromatic heterocycles. The van der Waals surface area contributed by atoms with Crippen LogP contribution in [-0.4, -0.2) is 29.9 Å². The van der Waals surface area contributed by atoms with E-state index < -0.39 is 0 Å². The zero-order chi connectivity index (χ0) is 13.1. The molecule has 2 amide bonds. The molecule has 1 aromatic carbocycles. The van der Waals surface area contributed by atoms with Crippen LogP contribution in [0.25, 0.3) is 0 Å². The average Bonchev–Trinajstić information content (AvgIpc) is 2.74. The van der Waals surface area contributed by atoms with Gasteiger partial charge < -0.3 is 10.6 Å². The second-order valence-electron chi connectivity index (χ2n) is 4.35. The molecule has 4 nitrogen and oxygen atoms in total. The van der Waals surface area contributed by atoms with Crippen LogP contribution in [-0.2, 0) is 11.2 Å². The highest BCUT2D eigenvalue weighted by Crippen LogP contribution is 2.23. The lowest BCUT2D eigenvalue weighted by Gasteiger charge is -2.10. The molecule has 0 fully saturated rings. The van der Waals surface area contributed by atoms with Crippen LogP contribution in [0.2, 0.25) is 0 Å². The topological polar surface area (TPSA) is 58.2 Å². The maximum Gasteiger partial charge on any atom is 0.251 e. The molecule has 96 valence electrons. The van der Waals surface area contributed by atoms with Crippen molar-refractivity contribution in [3.05, 3.63) is 29.3 Å². The highest BCUT2D eigenvalue weighted by atomic mass is 32.2. The van der Waals surface area contributed by atoms with E-state index in [9.17, 15) is 9.59 Å². The smallest absolute Gasteiger partial charge is 0.251 e. The predicted octanol–water partition coefficient (Wildman–Crippen LogP) is 1.66. The maximum atomic E-state index is 11.9. The molecule has 1 heterocycles. The molecule has 0 saturated heterocycles. The highest BCUT2D eigenvalue weighted by Gasteiger charge is 2.19. The molecular formula is C13H16N2O2S. The number of rotatable bonds is 4. The van der Waals surface area contributed by atoms with Crippen molar-refractivity contribution < 1.29 is 9.59 Å². The van der Waals surface area contributed by atoms with Crippen molar-refractivity contribution in [2.75, 3.05) is 18.1 Å². The minimum Gasteiger partial charge on any atom is -0.351 e. The largest absolute Gasteiger partial charge is 0.351 e. The minimum atomic E-state index is -0.0851. The van der Waals surface area contributed by atoms with Crippen LogP contribution in [0.1, 0.15) is 22.8 Å². The molecule has 1 unspecified atom stereocenters. The van der Waals surface area contributed by atoms with E-state index >= 15 is 0 Å². The summed E-state index contributed by atoms with van der Waals surface area (Å²) >= 11 is 1.71. The molecule has 2 N–H and O–H groups in total. The second-order valence-corrected chi connectivity index (χ2v) is 5.63. The first kappa shape index (κ1) is 13.0. The SMILES string of the molecule is CSC(C)CNC(=O)c1ccc2c(c1)CC(=O)N2. The van der Waals surface area contributed by atoms with Gasteiger partial charge in [-0.25, -0.2) is 0 Å². The summed E-state index contributed by atoms with van der Waals surface area (Å²) in [5, 5.41) is 6.03. The second kappa shape index (κ2) is 5.44. The lowest BCUT2D eigenvalue weighted by Crippen LogP contribution is -2.29. The molecule has 18 heavy (non-hydrogen) atoms. The summed E-state index contributed by atoms with van der Waals surface area (Å²) in [4.78, 5) is 23.1. The van der Waals surface area contributed by atoms with Crippen LogP contribution in [0.5, 0.6) is 0 Å². The van der Waals surface area contributed by atoms with Gasteiger partial charge in [-0.1, -0.05) is 6.92 Å². The van der Waals surface area contributed by atoms with E-state index in [0.717, 1.165) is 11.3 Å². The van der Waals surface area contributed by atoms with Crippen molar-refractivity contribution in [1.82, 2.24) is 5.32 Å². The lowest BCUT2D eigenvalue weighted by atomic mass is 10.1. The number of carbonyl (C=O) groups is 2. The molecule has 0 saturated carbocycles. The van der Waals surface area contributed by atoms with Crippen molar-refractivity contribution >= 4 is 29.3 Å². The third-order valence-corrected chi connectivity index (χ3v) is 3.92. The van der Waals surface area contributed by atoms with Crippen LogP contribution in [0, 0.1) is 0 Å². The molecule has 1 aliphatic rings. The number of hydrogen-bond acceptors (Lipinski definition) is 3. The van der Waals surface area contributed by atoms with E-state index in [0.29, 0.717) is 23.8 Å². The Morgan fingerprint density at radius 1 is 1.56 bits per heavy atom. The maximum absolute atomic E-state index is 11.9. The van der Waals surface area contributed by atoms with Crippen molar-refractivity contribution in [2.45, 2.75) is 18.6 Å². The van der Waals surface area contributed by atoms with Gasteiger partial charge in [0.2, 0.25) is 5.91 Å². The third kappa shape index (κ3) is 2.85. The number of carbonyl (C=O) groups excluding carboxylic acids is 2. The Morgan fingerprint density at radius 3 is 3.06 bits per heavy atom. The Balaban J connectivity index is 2.04. The Kier molecular flexibility index (Phi) is 3.91. The quantitative estimate of drug-likeness (QED) is 0.869. The van der Waals surface area contributed by atoms with E-state index in [1.807, 2.05) is 6.26 Å². The van der Waals surface area contributed by atoms with Gasteiger partial charge in [-0.15, -0.1) is 0 Å². The standard InChI is InChI=1S/C13H16N2O2S/c1-8(18-2)7-14-13(17)9-3-4-11-10(5-9)6-12(16)15-11/h3-5,8H,6-7H2,1-2H3,(H,14,17)(H,15,16). The third-order valence-electron chi connectivity index (χ3n) is 2.94.